The van der Waals surface area contributed by atoms with Crippen molar-refractivity contribution < 1.29 is 4.74 Å². The maximum Gasteiger partial charge on any atom is 0.120 e. The van der Waals surface area contributed by atoms with Crippen LogP contribution in [0.2, 0.25) is 0 Å². The zero-order chi connectivity index (χ0) is 18.4. The number of benzene rings is 3. The topological polar surface area (TPSA) is 35.2 Å². The number of hydrogen-bond acceptors (Lipinski definition) is 2. The Hall–Kier alpha value is -2.29. The number of nitrogens with two attached hydrogens (primary N) is 1. The summed E-state index contributed by atoms with van der Waals surface area (Å²) in [6.45, 7) is 5.55. The van der Waals surface area contributed by atoms with Crippen molar-refractivity contribution in [2.24, 2.45) is 11.7 Å². The lowest BCUT2D eigenvalue weighted by molar-refractivity contribution is 0.306. The third-order valence-corrected chi connectivity index (χ3v) is 4.38. The van der Waals surface area contributed by atoms with Crippen LogP contribution in [0.5, 0.6) is 5.75 Å². The van der Waals surface area contributed by atoms with Crippen LogP contribution in [0.25, 0.3) is 11.1 Å². The molecule has 0 atom stereocenters. The van der Waals surface area contributed by atoms with Gasteiger partial charge in [0.15, 0.2) is 0 Å². The fourth-order valence-corrected chi connectivity index (χ4v) is 3.07. The van der Waals surface area contributed by atoms with Crippen molar-refractivity contribution >= 4 is 12.4 Å². The molecule has 142 valence electrons. The smallest absolute Gasteiger partial charge is 0.120 e. The summed E-state index contributed by atoms with van der Waals surface area (Å²) in [5.41, 5.74) is 11.8. The Kier molecular flexibility index (Phi) is 7.90. The van der Waals surface area contributed by atoms with Crippen molar-refractivity contribution in [2.75, 3.05) is 0 Å². The molecule has 3 rings (SSSR count). The summed E-state index contributed by atoms with van der Waals surface area (Å²) in [5, 5.41) is 0. The van der Waals surface area contributed by atoms with E-state index in [0.29, 0.717) is 19.1 Å². The Morgan fingerprint density at radius 2 is 1.48 bits per heavy atom. The van der Waals surface area contributed by atoms with E-state index >= 15 is 0 Å². The van der Waals surface area contributed by atoms with Gasteiger partial charge >= 0.3 is 0 Å². The van der Waals surface area contributed by atoms with Crippen LogP contribution in [0.1, 0.15) is 30.5 Å². The SMILES string of the molecule is CC(C)Cc1ccc(-c2cc(CN)cc(OCc3ccccc3)c2)cc1.Cl. The Labute approximate surface area is 168 Å². The average molecular weight is 382 g/mol. The standard InChI is InChI=1S/C24H27NO.ClH/c1-18(2)12-19-8-10-22(11-9-19)23-13-21(16-25)14-24(15-23)26-17-20-6-4-3-5-7-20;/h3-11,13-15,18H,12,16-17,25H2,1-2H3;1H. The molecule has 2 N–H and O–H groups in total. The van der Waals surface area contributed by atoms with Gasteiger partial charge in [0.1, 0.15) is 12.4 Å². The molecule has 0 amide bonds. The highest BCUT2D eigenvalue weighted by molar-refractivity contribution is 5.85. The third kappa shape index (κ3) is 6.13. The normalized spacial score (nSPS) is 10.5. The van der Waals surface area contributed by atoms with E-state index in [-0.39, 0.29) is 12.4 Å². The summed E-state index contributed by atoms with van der Waals surface area (Å²) in [7, 11) is 0. The van der Waals surface area contributed by atoms with Gasteiger partial charge in [-0.3, -0.25) is 0 Å². The maximum absolute atomic E-state index is 6.02. The predicted molar refractivity (Wildman–Crippen MR) is 116 cm³/mol. The van der Waals surface area contributed by atoms with E-state index in [9.17, 15) is 0 Å². The quantitative estimate of drug-likeness (QED) is 0.543. The molecule has 0 bridgehead atoms. The molecule has 2 nitrogen and oxygen atoms in total. The van der Waals surface area contributed by atoms with Gasteiger partial charge in [0.05, 0.1) is 0 Å². The lowest BCUT2D eigenvalue weighted by Gasteiger charge is -2.12. The van der Waals surface area contributed by atoms with Gasteiger partial charge in [0, 0.05) is 6.54 Å². The lowest BCUT2D eigenvalue weighted by Crippen LogP contribution is -2.00. The minimum atomic E-state index is 0. The second-order valence-corrected chi connectivity index (χ2v) is 7.14. The fourth-order valence-electron chi connectivity index (χ4n) is 3.07. The van der Waals surface area contributed by atoms with Crippen molar-refractivity contribution in [1.29, 1.82) is 0 Å². The molecule has 0 aliphatic heterocycles. The molecule has 0 saturated carbocycles. The van der Waals surface area contributed by atoms with Crippen LogP contribution >= 0.6 is 12.4 Å². The van der Waals surface area contributed by atoms with E-state index in [1.807, 2.05) is 24.3 Å². The largest absolute Gasteiger partial charge is 0.489 e. The summed E-state index contributed by atoms with van der Waals surface area (Å²) in [4.78, 5) is 0. The van der Waals surface area contributed by atoms with Crippen molar-refractivity contribution in [3.8, 4) is 16.9 Å². The van der Waals surface area contributed by atoms with Crippen LogP contribution in [0.4, 0.5) is 0 Å². The van der Waals surface area contributed by atoms with E-state index < -0.39 is 0 Å². The first-order valence-electron chi connectivity index (χ1n) is 9.24. The Bertz CT molecular complexity index is 829. The number of ether oxygens (including phenoxy) is 1. The van der Waals surface area contributed by atoms with Gasteiger partial charge in [-0.2, -0.15) is 0 Å². The molecule has 0 saturated heterocycles. The molecule has 0 fully saturated rings. The molecule has 0 unspecified atom stereocenters. The van der Waals surface area contributed by atoms with Gasteiger partial charge < -0.3 is 10.5 Å². The molecule has 0 aromatic heterocycles. The predicted octanol–water partition coefficient (Wildman–Crippen LogP) is 6.01. The van der Waals surface area contributed by atoms with Crippen LogP contribution in [-0.2, 0) is 19.6 Å². The molecule has 0 heterocycles. The lowest BCUT2D eigenvalue weighted by atomic mass is 9.98. The van der Waals surface area contributed by atoms with E-state index in [1.165, 1.54) is 11.1 Å². The van der Waals surface area contributed by atoms with Crippen LogP contribution < -0.4 is 10.5 Å². The zero-order valence-electron chi connectivity index (χ0n) is 16.0. The summed E-state index contributed by atoms with van der Waals surface area (Å²) in [6.07, 6.45) is 1.11. The van der Waals surface area contributed by atoms with Crippen molar-refractivity contribution in [3.05, 3.63) is 89.5 Å². The first kappa shape index (κ1) is 21.0. The Balaban J connectivity index is 0.00000261. The van der Waals surface area contributed by atoms with Gasteiger partial charge in [-0.05, 0) is 58.4 Å². The van der Waals surface area contributed by atoms with E-state index in [1.54, 1.807) is 0 Å². The van der Waals surface area contributed by atoms with Crippen LogP contribution in [0, 0.1) is 5.92 Å². The summed E-state index contributed by atoms with van der Waals surface area (Å²) >= 11 is 0. The number of rotatable bonds is 7. The van der Waals surface area contributed by atoms with Crippen LogP contribution in [0.15, 0.2) is 72.8 Å². The van der Waals surface area contributed by atoms with E-state index in [0.717, 1.165) is 28.9 Å². The van der Waals surface area contributed by atoms with E-state index in [2.05, 4.69) is 62.4 Å². The molecule has 3 heteroatoms. The van der Waals surface area contributed by atoms with Crippen molar-refractivity contribution in [2.45, 2.75) is 33.4 Å². The summed E-state index contributed by atoms with van der Waals surface area (Å²) < 4.78 is 6.02. The Morgan fingerprint density at radius 1 is 0.778 bits per heavy atom. The van der Waals surface area contributed by atoms with Crippen LogP contribution in [-0.4, -0.2) is 0 Å². The molecule has 0 spiro atoms. The third-order valence-electron chi connectivity index (χ3n) is 4.38. The molecule has 0 aliphatic rings. The zero-order valence-corrected chi connectivity index (χ0v) is 16.8. The van der Waals surface area contributed by atoms with Gasteiger partial charge in [0.2, 0.25) is 0 Å². The molecular weight excluding hydrogens is 354 g/mol. The van der Waals surface area contributed by atoms with Gasteiger partial charge in [-0.15, -0.1) is 12.4 Å². The first-order valence-corrected chi connectivity index (χ1v) is 9.24. The maximum atomic E-state index is 6.02. The molecule has 3 aromatic carbocycles. The van der Waals surface area contributed by atoms with E-state index in [4.69, 9.17) is 10.5 Å². The minimum absolute atomic E-state index is 0. The summed E-state index contributed by atoms with van der Waals surface area (Å²) in [5.74, 6) is 1.53. The van der Waals surface area contributed by atoms with Gasteiger partial charge in [-0.25, -0.2) is 0 Å². The van der Waals surface area contributed by atoms with Crippen LogP contribution in [0.3, 0.4) is 0 Å². The fraction of sp³-hybridized carbons (Fsp3) is 0.250. The molecule has 0 aliphatic carbocycles. The Morgan fingerprint density at radius 3 is 2.11 bits per heavy atom. The monoisotopic (exact) mass is 381 g/mol. The molecule has 27 heavy (non-hydrogen) atoms. The minimum Gasteiger partial charge on any atom is -0.489 e. The highest BCUT2D eigenvalue weighted by Crippen LogP contribution is 2.27. The second-order valence-electron chi connectivity index (χ2n) is 7.14. The second kappa shape index (κ2) is 10.1. The molecule has 0 radical (unpaired) electrons. The van der Waals surface area contributed by atoms with Crippen molar-refractivity contribution in [1.82, 2.24) is 0 Å². The first-order chi connectivity index (χ1) is 12.6. The number of halogens is 1. The van der Waals surface area contributed by atoms with Gasteiger partial charge in [0.25, 0.3) is 0 Å². The highest BCUT2D eigenvalue weighted by Gasteiger charge is 2.06. The number of hydrogen-bond donors (Lipinski definition) is 1. The van der Waals surface area contributed by atoms with Gasteiger partial charge in [-0.1, -0.05) is 68.4 Å². The summed E-state index contributed by atoms with van der Waals surface area (Å²) in [6, 6.07) is 25.3. The average Bonchev–Trinajstić information content (AvgIpc) is 2.67. The van der Waals surface area contributed by atoms with Crippen molar-refractivity contribution in [3.63, 3.8) is 0 Å². The molecular formula is C24H28ClNO. The highest BCUT2D eigenvalue weighted by atomic mass is 35.5. The molecule has 3 aromatic rings.